The lowest BCUT2D eigenvalue weighted by molar-refractivity contribution is -0.141. The van der Waals surface area contributed by atoms with Gasteiger partial charge in [-0.25, -0.2) is 14.8 Å². The van der Waals surface area contributed by atoms with E-state index in [1.807, 2.05) is 0 Å². The van der Waals surface area contributed by atoms with Crippen LogP contribution < -0.4 is 0 Å². The molecule has 1 amide bonds. The summed E-state index contributed by atoms with van der Waals surface area (Å²) in [6, 6.07) is 0.635. The Labute approximate surface area is 92.9 Å². The van der Waals surface area contributed by atoms with Gasteiger partial charge in [0.25, 0.3) is 5.91 Å². The number of rotatable bonds is 3. The topological polar surface area (TPSA) is 83.4 Å². The molecule has 0 saturated heterocycles. The maximum atomic E-state index is 11.8. The lowest BCUT2D eigenvalue weighted by atomic mass is 10.2. The summed E-state index contributed by atoms with van der Waals surface area (Å²) in [5.74, 6) is -1.48. The van der Waals surface area contributed by atoms with Crippen molar-refractivity contribution in [3.63, 3.8) is 0 Å². The third kappa shape index (κ3) is 2.53. The molecule has 0 radical (unpaired) electrons. The number of hydrogen-bond donors (Lipinski definition) is 1. The quantitative estimate of drug-likeness (QED) is 0.798. The van der Waals surface area contributed by atoms with Crippen LogP contribution in [0.5, 0.6) is 0 Å². The molecular formula is C10H13N3O3. The standard InChI is InChI=1S/C10H13N3O3/c1-6-4-8(12-5-11-6)9(14)13(3)7(2)10(15)16/h4-5,7H,1-3H3,(H,15,16). The number of nitrogens with zero attached hydrogens (tertiary/aromatic N) is 3. The minimum atomic E-state index is -1.05. The second kappa shape index (κ2) is 4.69. The van der Waals surface area contributed by atoms with E-state index in [1.165, 1.54) is 26.4 Å². The lowest BCUT2D eigenvalue weighted by Gasteiger charge is -2.20. The third-order valence-electron chi connectivity index (χ3n) is 2.28. The van der Waals surface area contributed by atoms with Crippen molar-refractivity contribution in [1.82, 2.24) is 14.9 Å². The Morgan fingerprint density at radius 1 is 1.44 bits per heavy atom. The molecule has 6 heteroatoms. The molecule has 0 spiro atoms. The molecule has 1 atom stereocenters. The van der Waals surface area contributed by atoms with Gasteiger partial charge in [0.1, 0.15) is 18.1 Å². The molecule has 1 unspecified atom stereocenters. The van der Waals surface area contributed by atoms with Crippen molar-refractivity contribution in [2.24, 2.45) is 0 Å². The summed E-state index contributed by atoms with van der Waals surface area (Å²) >= 11 is 0. The maximum absolute atomic E-state index is 11.8. The summed E-state index contributed by atoms with van der Waals surface area (Å²) in [5.41, 5.74) is 0.859. The Kier molecular flexibility index (Phi) is 3.55. The van der Waals surface area contributed by atoms with Gasteiger partial charge in [0.2, 0.25) is 0 Å². The van der Waals surface area contributed by atoms with E-state index in [4.69, 9.17) is 5.11 Å². The highest BCUT2D eigenvalue weighted by molar-refractivity contribution is 5.94. The maximum Gasteiger partial charge on any atom is 0.326 e. The Hall–Kier alpha value is -1.98. The molecule has 0 aromatic carbocycles. The van der Waals surface area contributed by atoms with Gasteiger partial charge < -0.3 is 10.0 Å². The number of carbonyl (C=O) groups is 2. The number of carboxylic acid groups (broad SMARTS) is 1. The molecule has 0 bridgehead atoms. The van der Waals surface area contributed by atoms with Crippen LogP contribution in [0.1, 0.15) is 23.1 Å². The molecule has 6 nitrogen and oxygen atoms in total. The summed E-state index contributed by atoms with van der Waals surface area (Å²) in [5, 5.41) is 8.78. The van der Waals surface area contributed by atoms with Gasteiger partial charge in [-0.3, -0.25) is 4.79 Å². The highest BCUT2D eigenvalue weighted by atomic mass is 16.4. The van der Waals surface area contributed by atoms with E-state index < -0.39 is 17.9 Å². The van der Waals surface area contributed by atoms with Gasteiger partial charge in [-0.05, 0) is 19.9 Å². The van der Waals surface area contributed by atoms with Crippen LogP contribution in [-0.4, -0.2) is 44.9 Å². The van der Waals surface area contributed by atoms with Gasteiger partial charge >= 0.3 is 5.97 Å². The van der Waals surface area contributed by atoms with E-state index in [0.29, 0.717) is 5.69 Å². The van der Waals surface area contributed by atoms with Gasteiger partial charge in [-0.1, -0.05) is 0 Å². The van der Waals surface area contributed by atoms with E-state index in [0.717, 1.165) is 4.90 Å². The first-order valence-electron chi connectivity index (χ1n) is 4.72. The van der Waals surface area contributed by atoms with Crippen LogP contribution >= 0.6 is 0 Å². The molecule has 1 N–H and O–H groups in total. The molecule has 1 heterocycles. The van der Waals surface area contributed by atoms with Crippen LogP contribution in [0.15, 0.2) is 12.4 Å². The van der Waals surface area contributed by atoms with Gasteiger partial charge in [-0.2, -0.15) is 0 Å². The number of carbonyl (C=O) groups excluding carboxylic acids is 1. The molecule has 16 heavy (non-hydrogen) atoms. The first-order valence-corrected chi connectivity index (χ1v) is 4.72. The van der Waals surface area contributed by atoms with E-state index in [2.05, 4.69) is 9.97 Å². The second-order valence-corrected chi connectivity index (χ2v) is 3.47. The number of carboxylic acids is 1. The fourth-order valence-electron chi connectivity index (χ4n) is 1.09. The van der Waals surface area contributed by atoms with Gasteiger partial charge in [0.15, 0.2) is 0 Å². The molecule has 1 aromatic heterocycles. The van der Waals surface area contributed by atoms with Crippen molar-refractivity contribution >= 4 is 11.9 Å². The average molecular weight is 223 g/mol. The summed E-state index contributed by atoms with van der Waals surface area (Å²) in [6.07, 6.45) is 1.28. The number of amides is 1. The summed E-state index contributed by atoms with van der Waals surface area (Å²) in [6.45, 7) is 3.17. The first kappa shape index (κ1) is 12.1. The summed E-state index contributed by atoms with van der Waals surface area (Å²) in [4.78, 5) is 31.3. The number of aryl methyl sites for hydroxylation is 1. The lowest BCUT2D eigenvalue weighted by Crippen LogP contribution is -2.40. The molecule has 0 fully saturated rings. The van der Waals surface area contributed by atoms with Gasteiger partial charge in [-0.15, -0.1) is 0 Å². The number of aliphatic carboxylic acids is 1. The number of hydrogen-bond acceptors (Lipinski definition) is 4. The highest BCUT2D eigenvalue weighted by Crippen LogP contribution is 2.04. The van der Waals surface area contributed by atoms with Gasteiger partial charge in [0, 0.05) is 12.7 Å². The van der Waals surface area contributed by atoms with Crippen LogP contribution in [0.4, 0.5) is 0 Å². The van der Waals surface area contributed by atoms with Crippen molar-refractivity contribution in [3.05, 3.63) is 23.8 Å². The SMILES string of the molecule is Cc1cc(C(=O)N(C)C(C)C(=O)O)ncn1. The minimum Gasteiger partial charge on any atom is -0.480 e. The molecule has 1 aromatic rings. The smallest absolute Gasteiger partial charge is 0.326 e. The largest absolute Gasteiger partial charge is 0.480 e. The molecule has 0 saturated carbocycles. The van der Waals surface area contributed by atoms with Crippen molar-refractivity contribution in [1.29, 1.82) is 0 Å². The van der Waals surface area contributed by atoms with E-state index >= 15 is 0 Å². The van der Waals surface area contributed by atoms with Crippen LogP contribution in [0.3, 0.4) is 0 Å². The first-order chi connectivity index (χ1) is 7.43. The van der Waals surface area contributed by atoms with Crippen LogP contribution in [0.2, 0.25) is 0 Å². The van der Waals surface area contributed by atoms with Crippen molar-refractivity contribution < 1.29 is 14.7 Å². The van der Waals surface area contributed by atoms with Crippen LogP contribution in [-0.2, 0) is 4.79 Å². The van der Waals surface area contributed by atoms with E-state index in [9.17, 15) is 9.59 Å². The van der Waals surface area contributed by atoms with Gasteiger partial charge in [0.05, 0.1) is 0 Å². The van der Waals surface area contributed by atoms with Crippen molar-refractivity contribution in [3.8, 4) is 0 Å². The second-order valence-electron chi connectivity index (χ2n) is 3.47. The highest BCUT2D eigenvalue weighted by Gasteiger charge is 2.23. The van der Waals surface area contributed by atoms with E-state index in [1.54, 1.807) is 6.92 Å². The van der Waals surface area contributed by atoms with Crippen molar-refractivity contribution in [2.45, 2.75) is 19.9 Å². The summed E-state index contributed by atoms with van der Waals surface area (Å²) < 4.78 is 0. The molecule has 0 aliphatic heterocycles. The van der Waals surface area contributed by atoms with Crippen molar-refractivity contribution in [2.75, 3.05) is 7.05 Å². The van der Waals surface area contributed by atoms with E-state index in [-0.39, 0.29) is 5.69 Å². The monoisotopic (exact) mass is 223 g/mol. The third-order valence-corrected chi connectivity index (χ3v) is 2.28. The molecule has 0 aliphatic rings. The molecular weight excluding hydrogens is 210 g/mol. The predicted molar refractivity (Wildman–Crippen MR) is 56.0 cm³/mol. The van der Waals surface area contributed by atoms with Crippen LogP contribution in [0, 0.1) is 6.92 Å². The molecule has 1 rings (SSSR count). The fourth-order valence-corrected chi connectivity index (χ4v) is 1.09. The fraction of sp³-hybridized carbons (Fsp3) is 0.400. The zero-order valence-corrected chi connectivity index (χ0v) is 9.34. The van der Waals surface area contributed by atoms with Crippen LogP contribution in [0.25, 0.3) is 0 Å². The zero-order chi connectivity index (χ0) is 12.3. The average Bonchev–Trinajstić information content (AvgIpc) is 2.26. The Morgan fingerprint density at radius 2 is 2.06 bits per heavy atom. The zero-order valence-electron chi connectivity index (χ0n) is 9.34. The summed E-state index contributed by atoms with van der Waals surface area (Å²) in [7, 11) is 1.43. The number of likely N-dealkylation sites (N-methyl/N-ethyl adjacent to an activating group) is 1. The normalized spacial score (nSPS) is 11.9. The predicted octanol–water partition coefficient (Wildman–Crippen LogP) is 0.330. The number of aromatic nitrogens is 2. The Morgan fingerprint density at radius 3 is 2.56 bits per heavy atom. The Bertz CT molecular complexity index is 420. The molecule has 0 aliphatic carbocycles. The Balaban J connectivity index is 2.90. The minimum absolute atomic E-state index is 0.197. The molecule has 86 valence electrons.